The van der Waals surface area contributed by atoms with Gasteiger partial charge >= 0.3 is 0 Å². The van der Waals surface area contributed by atoms with E-state index in [1.165, 1.54) is 25.8 Å². The quantitative estimate of drug-likeness (QED) is 0.435. The summed E-state index contributed by atoms with van der Waals surface area (Å²) in [5.74, 6) is 0.471. The molecule has 1 aromatic rings. The van der Waals surface area contributed by atoms with E-state index in [-0.39, 0.29) is 17.0 Å². The van der Waals surface area contributed by atoms with Crippen molar-refractivity contribution in [3.05, 3.63) is 33.9 Å². The van der Waals surface area contributed by atoms with Gasteiger partial charge in [0.2, 0.25) is 0 Å². The van der Waals surface area contributed by atoms with Gasteiger partial charge in [0.05, 0.1) is 10.5 Å². The summed E-state index contributed by atoms with van der Waals surface area (Å²) in [5, 5.41) is 11.0. The Morgan fingerprint density at radius 3 is 2.65 bits per heavy atom. The third-order valence-corrected chi connectivity index (χ3v) is 3.59. The summed E-state index contributed by atoms with van der Waals surface area (Å²) in [7, 11) is 0. The molecule has 0 spiro atoms. The number of anilines is 1. The third-order valence-electron chi connectivity index (χ3n) is 3.59. The highest BCUT2D eigenvalue weighted by Gasteiger charge is 2.25. The fraction of sp³-hybridized carbons (Fsp3) is 0.533. The SMILES string of the molecule is CCCN(CC1CC1)c1ccc([N+](=O)[O-])c(C(C)=O)c1. The molecule has 20 heavy (non-hydrogen) atoms. The molecule has 0 atom stereocenters. The minimum Gasteiger partial charge on any atom is -0.371 e. The van der Waals surface area contributed by atoms with Gasteiger partial charge in [-0.25, -0.2) is 0 Å². The van der Waals surface area contributed by atoms with E-state index in [9.17, 15) is 14.9 Å². The molecule has 5 heteroatoms. The molecule has 1 aromatic carbocycles. The van der Waals surface area contributed by atoms with Gasteiger partial charge in [0, 0.05) is 24.8 Å². The number of benzene rings is 1. The Morgan fingerprint density at radius 2 is 2.15 bits per heavy atom. The van der Waals surface area contributed by atoms with Gasteiger partial charge in [-0.1, -0.05) is 6.92 Å². The van der Waals surface area contributed by atoms with Crippen LogP contribution in [0, 0.1) is 16.0 Å². The number of carbonyl (C=O) groups excluding carboxylic acids is 1. The molecular formula is C15H20N2O3. The molecule has 0 bridgehead atoms. The average molecular weight is 276 g/mol. The lowest BCUT2D eigenvalue weighted by molar-refractivity contribution is -0.385. The standard InChI is InChI=1S/C15H20N2O3/c1-3-8-16(10-12-4-5-12)13-6-7-15(17(19)20)14(9-13)11(2)18/h6-7,9,12H,3-5,8,10H2,1-2H3. The van der Waals surface area contributed by atoms with E-state index in [2.05, 4.69) is 11.8 Å². The van der Waals surface area contributed by atoms with Crippen LogP contribution in [0.3, 0.4) is 0 Å². The van der Waals surface area contributed by atoms with E-state index in [1.54, 1.807) is 12.1 Å². The van der Waals surface area contributed by atoms with Gasteiger partial charge in [0.1, 0.15) is 0 Å². The lowest BCUT2D eigenvalue weighted by Gasteiger charge is -2.24. The van der Waals surface area contributed by atoms with Gasteiger partial charge in [-0.15, -0.1) is 0 Å². The number of rotatable bonds is 7. The zero-order valence-electron chi connectivity index (χ0n) is 12.0. The molecule has 108 valence electrons. The first-order chi connectivity index (χ1) is 9.52. The van der Waals surface area contributed by atoms with E-state index in [0.29, 0.717) is 0 Å². The summed E-state index contributed by atoms with van der Waals surface area (Å²) in [4.78, 5) is 24.3. The monoisotopic (exact) mass is 276 g/mol. The molecule has 0 N–H and O–H groups in total. The van der Waals surface area contributed by atoms with Crippen LogP contribution in [0.25, 0.3) is 0 Å². The number of nitro benzene ring substituents is 1. The van der Waals surface area contributed by atoms with Crippen LogP contribution in [0.15, 0.2) is 18.2 Å². The lowest BCUT2D eigenvalue weighted by atomic mass is 10.1. The first-order valence-corrected chi connectivity index (χ1v) is 7.07. The molecule has 0 radical (unpaired) electrons. The highest BCUT2D eigenvalue weighted by molar-refractivity contribution is 5.99. The molecule has 0 unspecified atom stereocenters. The van der Waals surface area contributed by atoms with Crippen molar-refractivity contribution in [1.82, 2.24) is 0 Å². The number of Topliss-reactive ketones (excluding diaryl/α,β-unsaturated/α-hetero) is 1. The highest BCUT2D eigenvalue weighted by Crippen LogP contribution is 2.33. The molecule has 1 aliphatic rings. The Morgan fingerprint density at radius 1 is 1.45 bits per heavy atom. The maximum Gasteiger partial charge on any atom is 0.280 e. The molecule has 0 aromatic heterocycles. The molecule has 2 rings (SSSR count). The smallest absolute Gasteiger partial charge is 0.280 e. The number of nitro groups is 1. The number of nitrogens with zero attached hydrogens (tertiary/aromatic N) is 2. The summed E-state index contributed by atoms with van der Waals surface area (Å²) < 4.78 is 0. The Labute approximate surface area is 118 Å². The van der Waals surface area contributed by atoms with E-state index in [1.807, 2.05) is 0 Å². The molecule has 0 amide bonds. The van der Waals surface area contributed by atoms with Crippen LogP contribution < -0.4 is 4.90 Å². The third kappa shape index (κ3) is 3.35. The van der Waals surface area contributed by atoms with Crippen LogP contribution in [0.5, 0.6) is 0 Å². The van der Waals surface area contributed by atoms with E-state index in [4.69, 9.17) is 0 Å². The Kier molecular flexibility index (Phi) is 4.37. The predicted molar refractivity (Wildman–Crippen MR) is 78.3 cm³/mol. The molecule has 0 aliphatic heterocycles. The Bertz CT molecular complexity index is 524. The average Bonchev–Trinajstić information content (AvgIpc) is 3.21. The largest absolute Gasteiger partial charge is 0.371 e. The second-order valence-electron chi connectivity index (χ2n) is 5.40. The molecule has 5 nitrogen and oxygen atoms in total. The van der Waals surface area contributed by atoms with E-state index >= 15 is 0 Å². The van der Waals surface area contributed by atoms with Gasteiger partial charge in [-0.05, 0) is 44.2 Å². The molecule has 0 heterocycles. The van der Waals surface area contributed by atoms with Crippen LogP contribution in [0.2, 0.25) is 0 Å². The van der Waals surface area contributed by atoms with Crippen molar-refractivity contribution in [3.8, 4) is 0 Å². The topological polar surface area (TPSA) is 63.4 Å². The lowest BCUT2D eigenvalue weighted by Crippen LogP contribution is -2.26. The van der Waals surface area contributed by atoms with Gasteiger partial charge < -0.3 is 4.90 Å². The molecule has 1 saturated carbocycles. The van der Waals surface area contributed by atoms with Crippen molar-refractivity contribution >= 4 is 17.2 Å². The predicted octanol–water partition coefficient (Wildman–Crippen LogP) is 3.42. The zero-order chi connectivity index (χ0) is 14.7. The first kappa shape index (κ1) is 14.5. The molecule has 0 saturated heterocycles. The summed E-state index contributed by atoms with van der Waals surface area (Å²) >= 11 is 0. The summed E-state index contributed by atoms with van der Waals surface area (Å²) in [5.41, 5.74) is 1.00. The number of ketones is 1. The molecular weight excluding hydrogens is 256 g/mol. The van der Waals surface area contributed by atoms with Gasteiger partial charge in [0.25, 0.3) is 5.69 Å². The maximum atomic E-state index is 11.6. The van der Waals surface area contributed by atoms with Crippen LogP contribution in [-0.2, 0) is 0 Å². The first-order valence-electron chi connectivity index (χ1n) is 7.07. The van der Waals surface area contributed by atoms with Crippen LogP contribution >= 0.6 is 0 Å². The number of carbonyl (C=O) groups is 1. The highest BCUT2D eigenvalue weighted by atomic mass is 16.6. The second-order valence-corrected chi connectivity index (χ2v) is 5.40. The normalized spacial score (nSPS) is 14.1. The van der Waals surface area contributed by atoms with E-state index in [0.717, 1.165) is 31.1 Å². The van der Waals surface area contributed by atoms with E-state index < -0.39 is 4.92 Å². The zero-order valence-corrected chi connectivity index (χ0v) is 12.0. The fourth-order valence-corrected chi connectivity index (χ4v) is 2.37. The van der Waals surface area contributed by atoms with Crippen molar-refractivity contribution in [1.29, 1.82) is 0 Å². The molecule has 1 fully saturated rings. The maximum absolute atomic E-state index is 11.6. The van der Waals surface area contributed by atoms with Gasteiger partial charge in [-0.2, -0.15) is 0 Å². The van der Waals surface area contributed by atoms with Crippen molar-refractivity contribution < 1.29 is 9.72 Å². The van der Waals surface area contributed by atoms with Gasteiger partial charge in [-0.3, -0.25) is 14.9 Å². The van der Waals surface area contributed by atoms with Crippen molar-refractivity contribution in [2.45, 2.75) is 33.1 Å². The Hall–Kier alpha value is -1.91. The van der Waals surface area contributed by atoms with Crippen molar-refractivity contribution in [2.24, 2.45) is 5.92 Å². The fourth-order valence-electron chi connectivity index (χ4n) is 2.37. The second kappa shape index (κ2) is 6.03. The Balaban J connectivity index is 2.31. The summed E-state index contributed by atoms with van der Waals surface area (Å²) in [6.45, 7) is 5.36. The minimum absolute atomic E-state index is 0.107. The van der Waals surface area contributed by atoms with Crippen LogP contribution in [0.4, 0.5) is 11.4 Å². The summed E-state index contributed by atoms with van der Waals surface area (Å²) in [6, 6.07) is 4.86. The molecule has 1 aliphatic carbocycles. The minimum atomic E-state index is -0.494. The number of hydrogen-bond donors (Lipinski definition) is 0. The van der Waals surface area contributed by atoms with Crippen LogP contribution in [0.1, 0.15) is 43.5 Å². The summed E-state index contributed by atoms with van der Waals surface area (Å²) in [6.07, 6.45) is 3.53. The number of hydrogen-bond acceptors (Lipinski definition) is 4. The van der Waals surface area contributed by atoms with Crippen LogP contribution in [-0.4, -0.2) is 23.8 Å². The van der Waals surface area contributed by atoms with Crippen molar-refractivity contribution in [3.63, 3.8) is 0 Å². The van der Waals surface area contributed by atoms with Gasteiger partial charge in [0.15, 0.2) is 5.78 Å². The van der Waals surface area contributed by atoms with Crippen molar-refractivity contribution in [2.75, 3.05) is 18.0 Å².